The molecule has 2 aromatic carbocycles. The topological polar surface area (TPSA) is 3.24 Å². The molecule has 0 fully saturated rings. The van der Waals surface area contributed by atoms with E-state index in [1.807, 2.05) is 11.3 Å². The Bertz CT molecular complexity index is 1450. The van der Waals surface area contributed by atoms with Crippen LogP contribution in [0.5, 0.6) is 0 Å². The van der Waals surface area contributed by atoms with Gasteiger partial charge in [0.15, 0.2) is 0 Å². The molecule has 4 rings (SSSR count). The van der Waals surface area contributed by atoms with Crippen molar-refractivity contribution in [1.29, 1.82) is 0 Å². The minimum Gasteiger partial charge on any atom is -0.347 e. The van der Waals surface area contributed by atoms with Gasteiger partial charge in [0.05, 0.1) is 5.69 Å². The molecule has 0 saturated carbocycles. The smallest absolute Gasteiger partial charge is 0.0520 e. The summed E-state index contributed by atoms with van der Waals surface area (Å²) in [5.74, 6) is 0. The highest BCUT2D eigenvalue weighted by Crippen LogP contribution is 2.46. The zero-order valence-corrected chi connectivity index (χ0v) is 23.9. The van der Waals surface area contributed by atoms with Crippen LogP contribution in [0.1, 0.15) is 74.4 Å². The number of allylic oxidation sites excluding steroid dienone is 5. The average Bonchev–Trinajstić information content (AvgIpc) is 3.14. The first-order valence-electron chi connectivity index (χ1n) is 12.3. The van der Waals surface area contributed by atoms with Crippen LogP contribution in [0.4, 0.5) is 5.69 Å². The van der Waals surface area contributed by atoms with E-state index in [1.165, 1.54) is 93.1 Å². The van der Waals surface area contributed by atoms with E-state index in [-0.39, 0.29) is 0 Å². The number of hydrogen-bond donors (Lipinski definition) is 0. The van der Waals surface area contributed by atoms with E-state index in [0.717, 1.165) is 0 Å². The van der Waals surface area contributed by atoms with E-state index in [2.05, 4.69) is 106 Å². The van der Waals surface area contributed by atoms with Gasteiger partial charge in [-0.05, 0) is 149 Å². The maximum absolute atomic E-state index is 2.38. The van der Waals surface area contributed by atoms with Crippen molar-refractivity contribution in [3.8, 4) is 0 Å². The van der Waals surface area contributed by atoms with Gasteiger partial charge in [-0.3, -0.25) is 0 Å². The summed E-state index contributed by atoms with van der Waals surface area (Å²) in [5.41, 5.74) is 19.5. The predicted octanol–water partition coefficient (Wildman–Crippen LogP) is 9.52. The predicted molar refractivity (Wildman–Crippen MR) is 155 cm³/mol. The normalized spacial score (nSPS) is 15.4. The van der Waals surface area contributed by atoms with Crippen LogP contribution < -0.4 is 4.90 Å². The third kappa shape index (κ3) is 3.41. The quantitative estimate of drug-likeness (QED) is 0.361. The molecule has 3 aromatic rings. The van der Waals surface area contributed by atoms with Crippen LogP contribution in [0.3, 0.4) is 0 Å². The van der Waals surface area contributed by atoms with E-state index in [4.69, 9.17) is 0 Å². The zero-order valence-electron chi connectivity index (χ0n) is 23.1. The average molecular weight is 470 g/mol. The Balaban J connectivity index is 1.89. The largest absolute Gasteiger partial charge is 0.347 e. The summed E-state index contributed by atoms with van der Waals surface area (Å²) in [7, 11) is 2.21. The molecule has 1 nitrogen and oxygen atoms in total. The van der Waals surface area contributed by atoms with Crippen LogP contribution >= 0.6 is 11.3 Å². The van der Waals surface area contributed by atoms with Gasteiger partial charge in [-0.15, -0.1) is 11.3 Å². The van der Waals surface area contributed by atoms with Crippen LogP contribution in [-0.4, -0.2) is 7.05 Å². The molecular weight excluding hydrogens is 430 g/mol. The molecule has 0 spiro atoms. The van der Waals surface area contributed by atoms with Gasteiger partial charge >= 0.3 is 0 Å². The summed E-state index contributed by atoms with van der Waals surface area (Å²) >= 11 is 1.94. The zero-order chi connectivity index (χ0) is 25.2. The van der Waals surface area contributed by atoms with Crippen LogP contribution in [0, 0.1) is 62.3 Å². The van der Waals surface area contributed by atoms with Crippen molar-refractivity contribution in [1.82, 2.24) is 0 Å². The number of hydrogen-bond acceptors (Lipinski definition) is 2. The molecule has 0 aliphatic carbocycles. The van der Waals surface area contributed by atoms with Crippen molar-refractivity contribution < 1.29 is 0 Å². The van der Waals surface area contributed by atoms with Gasteiger partial charge in [0.25, 0.3) is 0 Å². The standard InChI is InChI=1S/C32H39NS/c1-16-18(3)22(7)31-30(21(16)6)27(24(9)26(11)33(31)12)14-13-15-28-25(10)29-20(5)17(2)19(4)23(8)32(29)34-28/h13-15H,1-12H3/b15-13+,27-14+. The molecule has 2 heteroatoms. The van der Waals surface area contributed by atoms with Crippen molar-refractivity contribution in [2.45, 2.75) is 76.2 Å². The maximum Gasteiger partial charge on any atom is 0.0520 e. The summed E-state index contributed by atoms with van der Waals surface area (Å²) in [6, 6.07) is 0. The number of fused-ring (bicyclic) bond motifs is 2. The third-order valence-electron chi connectivity index (χ3n) is 8.81. The van der Waals surface area contributed by atoms with E-state index < -0.39 is 0 Å². The Morgan fingerprint density at radius 2 is 1.18 bits per heavy atom. The molecule has 0 saturated heterocycles. The highest BCUT2D eigenvalue weighted by atomic mass is 32.1. The number of rotatable bonds is 2. The number of aryl methyl sites for hydroxylation is 3. The van der Waals surface area contributed by atoms with Gasteiger partial charge in [-0.2, -0.15) is 0 Å². The van der Waals surface area contributed by atoms with Gasteiger partial charge < -0.3 is 4.90 Å². The summed E-state index contributed by atoms with van der Waals surface area (Å²) in [5, 5.41) is 1.45. The second-order valence-corrected chi connectivity index (χ2v) is 11.3. The summed E-state index contributed by atoms with van der Waals surface area (Å²) in [6.45, 7) is 24.9. The lowest BCUT2D eigenvalue weighted by Gasteiger charge is -2.35. The molecule has 0 atom stereocenters. The molecule has 34 heavy (non-hydrogen) atoms. The molecule has 0 radical (unpaired) electrons. The fourth-order valence-electron chi connectivity index (χ4n) is 5.61. The van der Waals surface area contributed by atoms with E-state index in [9.17, 15) is 0 Å². The first-order chi connectivity index (χ1) is 15.9. The minimum absolute atomic E-state index is 1.33. The van der Waals surface area contributed by atoms with E-state index in [0.29, 0.717) is 0 Å². The van der Waals surface area contributed by atoms with Crippen LogP contribution in [0.15, 0.2) is 23.4 Å². The van der Waals surface area contributed by atoms with Crippen molar-refractivity contribution in [2.75, 3.05) is 11.9 Å². The summed E-state index contributed by atoms with van der Waals surface area (Å²) in [6.07, 6.45) is 6.93. The minimum atomic E-state index is 1.33. The van der Waals surface area contributed by atoms with Gasteiger partial charge in [-0.25, -0.2) is 0 Å². The summed E-state index contributed by atoms with van der Waals surface area (Å²) < 4.78 is 1.44. The molecule has 0 amide bonds. The van der Waals surface area contributed by atoms with Crippen molar-refractivity contribution >= 4 is 38.8 Å². The lowest BCUT2D eigenvalue weighted by atomic mass is 9.82. The second kappa shape index (κ2) is 8.57. The molecule has 0 N–H and O–H groups in total. The lowest BCUT2D eigenvalue weighted by Crippen LogP contribution is -2.24. The molecule has 0 bridgehead atoms. The Kier molecular flexibility index (Phi) is 6.19. The Morgan fingerprint density at radius 1 is 0.618 bits per heavy atom. The Hall–Kier alpha value is -2.58. The molecule has 1 aliphatic rings. The van der Waals surface area contributed by atoms with Gasteiger partial charge in [0, 0.05) is 27.9 Å². The monoisotopic (exact) mass is 469 g/mol. The summed E-state index contributed by atoms with van der Waals surface area (Å²) in [4.78, 5) is 3.75. The first-order valence-corrected chi connectivity index (χ1v) is 13.1. The van der Waals surface area contributed by atoms with Crippen LogP contribution in [0.25, 0.3) is 21.7 Å². The molecule has 2 heterocycles. The van der Waals surface area contributed by atoms with E-state index >= 15 is 0 Å². The molecule has 178 valence electrons. The fourth-order valence-corrected chi connectivity index (χ4v) is 6.95. The van der Waals surface area contributed by atoms with E-state index in [1.54, 1.807) is 0 Å². The van der Waals surface area contributed by atoms with Gasteiger partial charge in [-0.1, -0.05) is 12.2 Å². The SMILES string of the molecule is CC1=C(C)N(C)c2c(C)c(C)c(C)c(C)c2/C1=C/C=C/c1sc2c(C)c(C)c(C)c(C)c2c1C. The van der Waals surface area contributed by atoms with Gasteiger partial charge in [0.1, 0.15) is 0 Å². The molecular formula is C32H39NS. The number of anilines is 1. The van der Waals surface area contributed by atoms with Gasteiger partial charge in [0.2, 0.25) is 0 Å². The van der Waals surface area contributed by atoms with Crippen LogP contribution in [0.2, 0.25) is 0 Å². The first kappa shape index (κ1) is 24.5. The fraction of sp³-hybridized carbons (Fsp3) is 0.375. The highest BCUT2D eigenvalue weighted by Gasteiger charge is 2.27. The second-order valence-electron chi connectivity index (χ2n) is 10.2. The molecule has 0 unspecified atom stereocenters. The molecule has 1 aromatic heterocycles. The Labute approximate surface area is 210 Å². The third-order valence-corrected chi connectivity index (χ3v) is 10.2. The van der Waals surface area contributed by atoms with Crippen molar-refractivity contribution in [2.24, 2.45) is 0 Å². The number of benzene rings is 2. The van der Waals surface area contributed by atoms with Crippen molar-refractivity contribution in [3.05, 3.63) is 83.9 Å². The van der Waals surface area contributed by atoms with Crippen LogP contribution in [-0.2, 0) is 0 Å². The number of nitrogens with zero attached hydrogens (tertiary/aromatic N) is 1. The highest BCUT2D eigenvalue weighted by molar-refractivity contribution is 7.20. The Morgan fingerprint density at radius 3 is 1.82 bits per heavy atom. The lowest BCUT2D eigenvalue weighted by molar-refractivity contribution is 1.02. The maximum atomic E-state index is 2.38. The number of thiophene rings is 1. The van der Waals surface area contributed by atoms with Crippen molar-refractivity contribution in [3.63, 3.8) is 0 Å². The molecule has 1 aliphatic heterocycles.